The van der Waals surface area contributed by atoms with E-state index in [2.05, 4.69) is 25.9 Å². The Hall–Kier alpha value is -3.41. The van der Waals surface area contributed by atoms with Crippen LogP contribution in [0.3, 0.4) is 0 Å². The Morgan fingerprint density at radius 2 is 1.87 bits per heavy atom. The Labute approximate surface area is 173 Å². The van der Waals surface area contributed by atoms with Gasteiger partial charge in [-0.05, 0) is 24.3 Å². The van der Waals surface area contributed by atoms with E-state index in [1.54, 1.807) is 19.1 Å². The van der Waals surface area contributed by atoms with E-state index in [0.717, 1.165) is 0 Å². The van der Waals surface area contributed by atoms with E-state index < -0.39 is 6.04 Å². The van der Waals surface area contributed by atoms with Crippen LogP contribution in [0.5, 0.6) is 17.2 Å². The molecule has 2 heterocycles. The van der Waals surface area contributed by atoms with E-state index in [4.69, 9.17) is 18.9 Å². The average molecular weight is 419 g/mol. The number of aromatic nitrogens is 4. The number of nitrogens with one attached hydrogen (secondary N) is 1. The minimum atomic E-state index is -0.690. The Morgan fingerprint density at radius 1 is 1.20 bits per heavy atom. The van der Waals surface area contributed by atoms with Crippen molar-refractivity contribution >= 4 is 18.1 Å². The normalized spacial score (nSPS) is 15.1. The number of hydrogen-bond donors (Lipinski definition) is 1. The molecule has 12 nitrogen and oxygen atoms in total. The number of morpholine rings is 1. The van der Waals surface area contributed by atoms with Gasteiger partial charge >= 0.3 is 0 Å². The van der Waals surface area contributed by atoms with Gasteiger partial charge in [-0.2, -0.15) is 5.10 Å². The summed E-state index contributed by atoms with van der Waals surface area (Å²) in [6.45, 7) is 4.26. The van der Waals surface area contributed by atoms with Gasteiger partial charge in [-0.15, -0.1) is 9.90 Å². The number of methoxy groups -OCH3 is 3. The molecular formula is C18H25N7O5. The minimum absolute atomic E-state index is 0.385. The lowest BCUT2D eigenvalue weighted by Gasteiger charge is -2.24. The van der Waals surface area contributed by atoms with Crippen LogP contribution in [0.1, 0.15) is 18.5 Å². The molecule has 0 spiro atoms. The lowest BCUT2D eigenvalue weighted by atomic mass is 10.2. The summed E-state index contributed by atoms with van der Waals surface area (Å²) in [6.07, 6.45) is 1.48. The molecule has 30 heavy (non-hydrogen) atoms. The summed E-state index contributed by atoms with van der Waals surface area (Å²) in [5, 5.41) is 16.3. The summed E-state index contributed by atoms with van der Waals surface area (Å²) >= 11 is 0. The maximum absolute atomic E-state index is 12.4. The van der Waals surface area contributed by atoms with Crippen molar-refractivity contribution in [2.24, 2.45) is 5.10 Å². The van der Waals surface area contributed by atoms with Crippen LogP contribution in [0.25, 0.3) is 0 Å². The van der Waals surface area contributed by atoms with Gasteiger partial charge in [-0.3, -0.25) is 4.79 Å². The third kappa shape index (κ3) is 4.76. The van der Waals surface area contributed by atoms with Crippen LogP contribution in [0.15, 0.2) is 17.2 Å². The second-order valence-electron chi connectivity index (χ2n) is 6.38. The first kappa shape index (κ1) is 21.3. The fourth-order valence-corrected chi connectivity index (χ4v) is 2.82. The summed E-state index contributed by atoms with van der Waals surface area (Å²) < 4.78 is 21.2. The minimum Gasteiger partial charge on any atom is -0.493 e. The predicted octanol–water partition coefficient (Wildman–Crippen LogP) is 0.247. The van der Waals surface area contributed by atoms with Gasteiger partial charge in [0.25, 0.3) is 11.9 Å². The fourth-order valence-electron chi connectivity index (χ4n) is 2.82. The monoisotopic (exact) mass is 419 g/mol. The zero-order chi connectivity index (χ0) is 21.5. The number of amides is 1. The number of benzene rings is 1. The molecule has 12 heteroatoms. The van der Waals surface area contributed by atoms with Crippen molar-refractivity contribution in [2.45, 2.75) is 13.0 Å². The molecule has 0 saturated carbocycles. The van der Waals surface area contributed by atoms with Gasteiger partial charge in [0, 0.05) is 18.7 Å². The second-order valence-corrected chi connectivity index (χ2v) is 6.38. The van der Waals surface area contributed by atoms with Gasteiger partial charge in [0.2, 0.25) is 5.75 Å². The van der Waals surface area contributed by atoms with Gasteiger partial charge in [-0.25, -0.2) is 5.43 Å². The molecule has 1 aromatic heterocycles. The molecule has 1 N–H and O–H groups in total. The van der Waals surface area contributed by atoms with Crippen LogP contribution in [0.4, 0.5) is 5.95 Å². The van der Waals surface area contributed by atoms with Crippen LogP contribution in [0.2, 0.25) is 0 Å². The van der Waals surface area contributed by atoms with Crippen molar-refractivity contribution in [3.63, 3.8) is 0 Å². The number of hydrogen-bond acceptors (Lipinski definition) is 10. The van der Waals surface area contributed by atoms with E-state index in [1.807, 2.05) is 4.90 Å². The van der Waals surface area contributed by atoms with Crippen molar-refractivity contribution in [1.29, 1.82) is 0 Å². The van der Waals surface area contributed by atoms with Gasteiger partial charge in [-0.1, -0.05) is 5.10 Å². The third-order valence-electron chi connectivity index (χ3n) is 4.51. The summed E-state index contributed by atoms with van der Waals surface area (Å²) in [5.74, 6) is 1.53. The van der Waals surface area contributed by atoms with Crippen molar-refractivity contribution in [2.75, 3.05) is 52.5 Å². The number of rotatable bonds is 8. The number of ether oxygens (including phenoxy) is 4. The molecule has 0 aliphatic carbocycles. The highest BCUT2D eigenvalue weighted by Crippen LogP contribution is 2.37. The summed E-state index contributed by atoms with van der Waals surface area (Å²) in [4.78, 5) is 15.6. The molecule has 1 aliphatic rings. The lowest BCUT2D eigenvalue weighted by Crippen LogP contribution is -2.37. The highest BCUT2D eigenvalue weighted by molar-refractivity contribution is 5.85. The number of carbonyl (C=O) groups is 1. The van der Waals surface area contributed by atoms with E-state index >= 15 is 0 Å². The molecule has 1 saturated heterocycles. The Bertz CT molecular complexity index is 870. The Kier molecular flexibility index (Phi) is 7.01. The van der Waals surface area contributed by atoms with Crippen LogP contribution in [-0.4, -0.2) is 80.0 Å². The van der Waals surface area contributed by atoms with Crippen molar-refractivity contribution < 1.29 is 23.7 Å². The van der Waals surface area contributed by atoms with Crippen LogP contribution >= 0.6 is 0 Å². The standard InChI is InChI=1S/C18H25N7O5/c1-12(25-22-18(21-23-25)24-5-7-30-8-6-24)17(26)20-19-11-13-9-14(27-2)16(29-4)15(10-13)28-3/h9-12H,5-8H2,1-4H3,(H,20,26)/b19-11-/t12-/m0/s1. The van der Waals surface area contributed by atoms with E-state index in [1.165, 1.54) is 32.3 Å². The quantitative estimate of drug-likeness (QED) is 0.473. The molecular weight excluding hydrogens is 394 g/mol. The summed E-state index contributed by atoms with van der Waals surface area (Å²) in [5.41, 5.74) is 3.14. The number of carbonyl (C=O) groups excluding carboxylic acids is 1. The van der Waals surface area contributed by atoms with E-state index in [-0.39, 0.29) is 5.91 Å². The Balaban J connectivity index is 1.63. The Morgan fingerprint density at radius 3 is 2.47 bits per heavy atom. The zero-order valence-electron chi connectivity index (χ0n) is 17.4. The number of nitrogens with zero attached hydrogens (tertiary/aromatic N) is 6. The van der Waals surface area contributed by atoms with Gasteiger partial charge in [0.05, 0.1) is 40.8 Å². The second kappa shape index (κ2) is 9.87. The zero-order valence-corrected chi connectivity index (χ0v) is 17.4. The average Bonchev–Trinajstić information content (AvgIpc) is 3.28. The number of anilines is 1. The first-order valence-corrected chi connectivity index (χ1v) is 9.32. The molecule has 3 rings (SSSR count). The highest BCUT2D eigenvalue weighted by Gasteiger charge is 2.21. The van der Waals surface area contributed by atoms with Crippen LogP contribution < -0.4 is 24.5 Å². The molecule has 162 valence electrons. The molecule has 1 amide bonds. The molecule has 1 fully saturated rings. The number of tetrazole rings is 1. The van der Waals surface area contributed by atoms with Crippen molar-refractivity contribution in [3.05, 3.63) is 17.7 Å². The van der Waals surface area contributed by atoms with Crippen LogP contribution in [-0.2, 0) is 9.53 Å². The molecule has 0 radical (unpaired) electrons. The lowest BCUT2D eigenvalue weighted by molar-refractivity contribution is -0.124. The fraction of sp³-hybridized carbons (Fsp3) is 0.500. The van der Waals surface area contributed by atoms with Crippen molar-refractivity contribution in [1.82, 2.24) is 25.6 Å². The molecule has 0 unspecified atom stereocenters. The van der Waals surface area contributed by atoms with Gasteiger partial charge in [0.15, 0.2) is 17.5 Å². The topological polar surface area (TPSA) is 125 Å². The molecule has 1 atom stereocenters. The SMILES string of the molecule is COc1cc(/C=N\NC(=O)[C@H](C)n2nnc(N3CCOCC3)n2)cc(OC)c1OC. The maximum atomic E-state index is 12.4. The largest absolute Gasteiger partial charge is 0.493 e. The molecule has 1 aromatic carbocycles. The first-order chi connectivity index (χ1) is 14.6. The predicted molar refractivity (Wildman–Crippen MR) is 107 cm³/mol. The van der Waals surface area contributed by atoms with Crippen molar-refractivity contribution in [3.8, 4) is 17.2 Å². The summed E-state index contributed by atoms with van der Waals surface area (Å²) in [6, 6.07) is 2.74. The highest BCUT2D eigenvalue weighted by atomic mass is 16.5. The van der Waals surface area contributed by atoms with Gasteiger partial charge < -0.3 is 23.8 Å². The first-order valence-electron chi connectivity index (χ1n) is 9.32. The van der Waals surface area contributed by atoms with Gasteiger partial charge in [0.1, 0.15) is 0 Å². The summed E-state index contributed by atoms with van der Waals surface area (Å²) in [7, 11) is 4.58. The molecule has 1 aliphatic heterocycles. The molecule has 2 aromatic rings. The smallest absolute Gasteiger partial charge is 0.266 e. The maximum Gasteiger partial charge on any atom is 0.266 e. The van der Waals surface area contributed by atoms with E-state index in [0.29, 0.717) is 55.1 Å². The number of hydrazone groups is 1. The van der Waals surface area contributed by atoms with E-state index in [9.17, 15) is 4.79 Å². The molecule has 0 bridgehead atoms. The van der Waals surface area contributed by atoms with Crippen LogP contribution in [0, 0.1) is 0 Å². The third-order valence-corrected chi connectivity index (χ3v) is 4.51.